The molecule has 0 bridgehead atoms. The topological polar surface area (TPSA) is 26.3 Å². The first kappa shape index (κ1) is 10.1. The molecule has 13 heavy (non-hydrogen) atoms. The molecule has 1 rings (SSSR count). The molecule has 0 saturated carbocycles. The highest BCUT2D eigenvalue weighted by molar-refractivity contribution is 8.12. The van der Waals surface area contributed by atoms with Gasteiger partial charge in [0.05, 0.1) is 0 Å². The maximum atomic E-state index is 10.8. The van der Waals surface area contributed by atoms with E-state index in [-0.39, 0.29) is 5.30 Å². The summed E-state index contributed by atoms with van der Waals surface area (Å²) in [6, 6.07) is 7.87. The summed E-state index contributed by atoms with van der Waals surface area (Å²) in [5, 5.41) is -0.233. The highest BCUT2D eigenvalue weighted by Gasteiger charge is 2.01. The maximum Gasteiger partial charge on any atom is 0.367 e. The number of rotatable bonds is 2. The van der Waals surface area contributed by atoms with Crippen LogP contribution in [0.3, 0.4) is 0 Å². The lowest BCUT2D eigenvalue weighted by molar-refractivity contribution is 0.168. The number of hydrogen-bond donors (Lipinski definition) is 0. The molecule has 0 amide bonds. The summed E-state index contributed by atoms with van der Waals surface area (Å²) in [4.78, 5) is 10.8. The van der Waals surface area contributed by atoms with E-state index in [1.807, 2.05) is 31.2 Å². The minimum absolute atomic E-state index is 0.233. The summed E-state index contributed by atoms with van der Waals surface area (Å²) in [6.45, 7) is 2.37. The number of hydrogen-bond acceptors (Lipinski definition) is 3. The van der Waals surface area contributed by atoms with Crippen molar-refractivity contribution in [1.29, 1.82) is 0 Å². The van der Waals surface area contributed by atoms with Crippen LogP contribution in [0.2, 0.25) is 0 Å². The van der Waals surface area contributed by atoms with Crippen LogP contribution in [0.25, 0.3) is 0 Å². The van der Waals surface area contributed by atoms with Gasteiger partial charge in [-0.2, -0.15) is 0 Å². The zero-order valence-corrected chi connectivity index (χ0v) is 8.56. The second-order valence-corrected chi connectivity index (χ2v) is 3.41. The molecule has 0 atom stereocenters. The minimum Gasteiger partial charge on any atom is -0.453 e. The van der Waals surface area contributed by atoms with Crippen molar-refractivity contribution in [2.45, 2.75) is 13.5 Å². The van der Waals surface area contributed by atoms with Gasteiger partial charge in [-0.25, -0.2) is 4.79 Å². The lowest BCUT2D eigenvalue weighted by Gasteiger charge is -2.05. The van der Waals surface area contributed by atoms with Crippen LogP contribution in [0.15, 0.2) is 24.3 Å². The average Bonchev–Trinajstić information content (AvgIpc) is 2.16. The molecule has 0 heterocycles. The van der Waals surface area contributed by atoms with Gasteiger partial charge in [0, 0.05) is 0 Å². The molecule has 0 aliphatic carbocycles. The molecule has 0 fully saturated rings. The quantitative estimate of drug-likeness (QED) is 0.680. The first-order valence-electron chi connectivity index (χ1n) is 3.99. The Kier molecular flexibility index (Phi) is 3.83. The third-order valence-electron chi connectivity index (χ3n) is 1.77. The third-order valence-corrected chi connectivity index (χ3v) is 2.22. The predicted octanol–water partition coefficient (Wildman–Crippen LogP) is 2.99. The Morgan fingerprint density at radius 3 is 2.77 bits per heavy atom. The molecule has 0 unspecified atom stereocenters. The molecular weight excluding hydrogens is 184 g/mol. The largest absolute Gasteiger partial charge is 0.453 e. The lowest BCUT2D eigenvalue weighted by atomic mass is 10.1. The van der Waals surface area contributed by atoms with Gasteiger partial charge in [0.2, 0.25) is 0 Å². The molecule has 0 aromatic heterocycles. The molecule has 1 aromatic rings. The second-order valence-electron chi connectivity index (χ2n) is 2.67. The molecule has 0 spiro atoms. The van der Waals surface area contributed by atoms with Crippen molar-refractivity contribution in [3.05, 3.63) is 35.4 Å². The normalized spacial score (nSPS) is 9.69. The molecule has 2 nitrogen and oxygen atoms in total. The molecule has 3 heteroatoms. The zero-order chi connectivity index (χ0) is 9.68. The van der Waals surface area contributed by atoms with Crippen LogP contribution in [0.4, 0.5) is 4.79 Å². The first-order valence-corrected chi connectivity index (χ1v) is 5.21. The predicted molar refractivity (Wildman–Crippen MR) is 54.9 cm³/mol. The van der Waals surface area contributed by atoms with E-state index in [0.29, 0.717) is 6.61 Å². The molecule has 0 radical (unpaired) electrons. The fourth-order valence-electron chi connectivity index (χ4n) is 0.968. The van der Waals surface area contributed by atoms with Gasteiger partial charge in [-0.3, -0.25) is 0 Å². The molecule has 1 aromatic carbocycles. The summed E-state index contributed by atoms with van der Waals surface area (Å²) in [7, 11) is 0. The molecule has 0 N–H and O–H groups in total. The van der Waals surface area contributed by atoms with Crippen molar-refractivity contribution in [3.8, 4) is 0 Å². The van der Waals surface area contributed by atoms with Crippen molar-refractivity contribution in [1.82, 2.24) is 0 Å². The van der Waals surface area contributed by atoms with Crippen LogP contribution in [-0.4, -0.2) is 11.6 Å². The highest BCUT2D eigenvalue weighted by atomic mass is 32.2. The number of carbonyl (C=O) groups is 1. The highest BCUT2D eigenvalue weighted by Crippen LogP contribution is 2.10. The van der Waals surface area contributed by atoms with Crippen LogP contribution in [0.5, 0.6) is 0 Å². The SMILES string of the molecule is CSC(=O)OCc1ccccc1C. The fraction of sp³-hybridized carbons (Fsp3) is 0.300. The van der Waals surface area contributed by atoms with Gasteiger partial charge in [-0.1, -0.05) is 24.3 Å². The summed E-state index contributed by atoms with van der Waals surface area (Å²) >= 11 is 1.09. The Hall–Kier alpha value is -0.960. The Morgan fingerprint density at radius 1 is 1.46 bits per heavy atom. The standard InChI is InChI=1S/C10H12O2S/c1-8-5-3-4-6-9(8)7-12-10(11)13-2/h3-6H,7H2,1-2H3. The van der Waals surface area contributed by atoms with Crippen molar-refractivity contribution < 1.29 is 9.53 Å². The average molecular weight is 196 g/mol. The lowest BCUT2D eigenvalue weighted by Crippen LogP contribution is -1.98. The van der Waals surface area contributed by atoms with E-state index in [2.05, 4.69) is 0 Å². The molecule has 0 aliphatic heterocycles. The Balaban J connectivity index is 2.54. The number of benzene rings is 1. The van der Waals surface area contributed by atoms with E-state index in [9.17, 15) is 4.79 Å². The zero-order valence-electron chi connectivity index (χ0n) is 7.74. The number of ether oxygens (including phenoxy) is 1. The summed E-state index contributed by atoms with van der Waals surface area (Å²) in [5.41, 5.74) is 2.21. The molecule has 70 valence electrons. The van der Waals surface area contributed by atoms with Gasteiger partial charge < -0.3 is 4.74 Å². The van der Waals surface area contributed by atoms with Crippen LogP contribution in [0.1, 0.15) is 11.1 Å². The first-order chi connectivity index (χ1) is 6.24. The van der Waals surface area contributed by atoms with Gasteiger partial charge >= 0.3 is 5.30 Å². The van der Waals surface area contributed by atoms with Gasteiger partial charge in [-0.15, -0.1) is 0 Å². The van der Waals surface area contributed by atoms with Crippen molar-refractivity contribution in [3.63, 3.8) is 0 Å². The van der Waals surface area contributed by atoms with E-state index < -0.39 is 0 Å². The van der Waals surface area contributed by atoms with Gasteiger partial charge in [0.1, 0.15) is 6.61 Å². The third kappa shape index (κ3) is 3.11. The van der Waals surface area contributed by atoms with Crippen molar-refractivity contribution in [2.24, 2.45) is 0 Å². The summed E-state index contributed by atoms with van der Waals surface area (Å²) < 4.78 is 4.98. The van der Waals surface area contributed by atoms with Crippen LogP contribution in [0, 0.1) is 6.92 Å². The monoisotopic (exact) mass is 196 g/mol. The second kappa shape index (κ2) is 4.92. The van der Waals surface area contributed by atoms with Gasteiger partial charge in [0.15, 0.2) is 0 Å². The molecular formula is C10H12O2S. The number of carbonyl (C=O) groups excluding carboxylic acids is 1. The van der Waals surface area contributed by atoms with E-state index in [4.69, 9.17) is 4.74 Å². The van der Waals surface area contributed by atoms with E-state index in [0.717, 1.165) is 22.9 Å². The van der Waals surface area contributed by atoms with Crippen molar-refractivity contribution in [2.75, 3.05) is 6.26 Å². The summed E-state index contributed by atoms with van der Waals surface area (Å²) in [6.07, 6.45) is 1.71. The fourth-order valence-corrected chi connectivity index (χ4v) is 1.14. The van der Waals surface area contributed by atoms with Crippen LogP contribution >= 0.6 is 11.8 Å². The summed E-state index contributed by atoms with van der Waals surface area (Å²) in [5.74, 6) is 0. The maximum absolute atomic E-state index is 10.8. The van der Waals surface area contributed by atoms with E-state index in [1.54, 1.807) is 6.26 Å². The minimum atomic E-state index is -0.233. The van der Waals surface area contributed by atoms with E-state index in [1.165, 1.54) is 0 Å². The van der Waals surface area contributed by atoms with Crippen LogP contribution in [-0.2, 0) is 11.3 Å². The Labute approximate surface area is 82.3 Å². The number of thioether (sulfide) groups is 1. The molecule has 0 saturated heterocycles. The van der Waals surface area contributed by atoms with Crippen LogP contribution < -0.4 is 0 Å². The molecule has 0 aliphatic rings. The van der Waals surface area contributed by atoms with E-state index >= 15 is 0 Å². The van der Waals surface area contributed by atoms with Gasteiger partial charge in [-0.05, 0) is 36.1 Å². The van der Waals surface area contributed by atoms with Crippen molar-refractivity contribution >= 4 is 17.1 Å². The smallest absolute Gasteiger partial charge is 0.367 e. The Morgan fingerprint density at radius 2 is 2.15 bits per heavy atom. The number of aryl methyl sites for hydroxylation is 1. The Bertz CT molecular complexity index is 297. The van der Waals surface area contributed by atoms with Gasteiger partial charge in [0.25, 0.3) is 0 Å².